The molecule has 1 aliphatic rings. The average Bonchev–Trinajstić information content (AvgIpc) is 3.23. The van der Waals surface area contributed by atoms with E-state index in [-0.39, 0.29) is 0 Å². The Bertz CT molecular complexity index is 786. The second-order valence-electron chi connectivity index (χ2n) is 5.70. The molecule has 0 atom stereocenters. The lowest BCUT2D eigenvalue weighted by Crippen LogP contribution is -2.17. The molecule has 0 aliphatic carbocycles. The summed E-state index contributed by atoms with van der Waals surface area (Å²) in [5.41, 5.74) is 4.36. The minimum atomic E-state index is 0.865. The molecule has 22 heavy (non-hydrogen) atoms. The molecule has 3 aromatic rings. The van der Waals surface area contributed by atoms with E-state index in [0.29, 0.717) is 0 Å². The Labute approximate surface area is 130 Å². The summed E-state index contributed by atoms with van der Waals surface area (Å²) in [6.07, 6.45) is 6.75. The zero-order chi connectivity index (χ0) is 14.9. The van der Waals surface area contributed by atoms with Gasteiger partial charge in [-0.1, -0.05) is 0 Å². The molecule has 0 radical (unpaired) electrons. The van der Waals surface area contributed by atoms with E-state index in [4.69, 9.17) is 9.72 Å². The Morgan fingerprint density at radius 2 is 1.82 bits per heavy atom. The number of aromatic nitrogens is 2. The average molecular weight is 293 g/mol. The topological polar surface area (TPSA) is 29.8 Å². The van der Waals surface area contributed by atoms with Gasteiger partial charge in [-0.05, 0) is 43.2 Å². The molecule has 4 heteroatoms. The molecule has 112 valence electrons. The summed E-state index contributed by atoms with van der Waals surface area (Å²) in [4.78, 5) is 7.20. The van der Waals surface area contributed by atoms with Gasteiger partial charge < -0.3 is 14.0 Å². The Kier molecular flexibility index (Phi) is 3.22. The van der Waals surface area contributed by atoms with Crippen molar-refractivity contribution in [1.29, 1.82) is 0 Å². The largest absolute Gasteiger partial charge is 0.497 e. The molecule has 0 spiro atoms. The summed E-state index contributed by atoms with van der Waals surface area (Å²) >= 11 is 0. The Morgan fingerprint density at radius 1 is 1.05 bits per heavy atom. The minimum Gasteiger partial charge on any atom is -0.497 e. The third kappa shape index (κ3) is 2.30. The molecular formula is C18H19N3O. The quantitative estimate of drug-likeness (QED) is 0.739. The van der Waals surface area contributed by atoms with E-state index in [0.717, 1.165) is 35.7 Å². The van der Waals surface area contributed by atoms with E-state index in [1.807, 2.05) is 24.3 Å². The first-order valence-corrected chi connectivity index (χ1v) is 7.72. The highest BCUT2D eigenvalue weighted by Gasteiger charge is 2.13. The highest BCUT2D eigenvalue weighted by atomic mass is 16.5. The summed E-state index contributed by atoms with van der Waals surface area (Å²) in [5.74, 6) is 0.865. The summed E-state index contributed by atoms with van der Waals surface area (Å²) < 4.78 is 7.29. The predicted octanol–water partition coefficient (Wildman–Crippen LogP) is 3.61. The third-order valence-electron chi connectivity index (χ3n) is 4.30. The summed E-state index contributed by atoms with van der Waals surface area (Å²) in [6.45, 7) is 2.31. The third-order valence-corrected chi connectivity index (χ3v) is 4.30. The van der Waals surface area contributed by atoms with Gasteiger partial charge in [0.2, 0.25) is 0 Å². The van der Waals surface area contributed by atoms with Crippen molar-refractivity contribution >= 4 is 11.3 Å². The van der Waals surface area contributed by atoms with Crippen LogP contribution < -0.4 is 9.64 Å². The number of benzene rings is 1. The Morgan fingerprint density at radius 3 is 2.55 bits per heavy atom. The van der Waals surface area contributed by atoms with Gasteiger partial charge in [-0.25, -0.2) is 4.98 Å². The molecule has 1 aromatic carbocycles. The molecule has 4 nitrogen and oxygen atoms in total. The highest BCUT2D eigenvalue weighted by Crippen LogP contribution is 2.25. The van der Waals surface area contributed by atoms with Gasteiger partial charge in [0, 0.05) is 42.8 Å². The predicted molar refractivity (Wildman–Crippen MR) is 88.6 cm³/mol. The van der Waals surface area contributed by atoms with Gasteiger partial charge in [0.15, 0.2) is 0 Å². The van der Waals surface area contributed by atoms with Crippen LogP contribution in [-0.2, 0) is 0 Å². The fourth-order valence-corrected chi connectivity index (χ4v) is 3.04. The zero-order valence-electron chi connectivity index (χ0n) is 12.7. The van der Waals surface area contributed by atoms with Crippen molar-refractivity contribution in [3.8, 4) is 17.0 Å². The molecule has 4 rings (SSSR count). The maximum absolute atomic E-state index is 5.21. The van der Waals surface area contributed by atoms with E-state index in [2.05, 4.69) is 33.8 Å². The standard InChI is InChI=1S/C18H19N3O/c1-22-16-6-4-14(5-7-16)17-13-21-11-8-15(12-18(21)19-17)20-9-2-3-10-20/h4-8,11-13H,2-3,9-10H2,1H3. The van der Waals surface area contributed by atoms with Crippen LogP contribution in [-0.4, -0.2) is 29.6 Å². The van der Waals surface area contributed by atoms with Gasteiger partial charge in [-0.15, -0.1) is 0 Å². The lowest BCUT2D eigenvalue weighted by Gasteiger charge is -2.17. The Balaban J connectivity index is 1.70. The van der Waals surface area contributed by atoms with Crippen molar-refractivity contribution in [2.24, 2.45) is 0 Å². The monoisotopic (exact) mass is 293 g/mol. The van der Waals surface area contributed by atoms with Crippen LogP contribution in [0.2, 0.25) is 0 Å². The fourth-order valence-electron chi connectivity index (χ4n) is 3.04. The number of hydrogen-bond donors (Lipinski definition) is 0. The van der Waals surface area contributed by atoms with Gasteiger partial charge in [0.1, 0.15) is 11.4 Å². The van der Waals surface area contributed by atoms with Crippen molar-refractivity contribution in [2.45, 2.75) is 12.8 Å². The summed E-state index contributed by atoms with van der Waals surface area (Å²) in [5, 5.41) is 0. The molecule has 0 saturated carbocycles. The van der Waals surface area contributed by atoms with E-state index >= 15 is 0 Å². The number of nitrogens with zero attached hydrogens (tertiary/aromatic N) is 3. The number of pyridine rings is 1. The van der Waals surface area contributed by atoms with Crippen LogP contribution in [0.3, 0.4) is 0 Å². The molecule has 0 bridgehead atoms. The maximum Gasteiger partial charge on any atom is 0.139 e. The van der Waals surface area contributed by atoms with Crippen molar-refractivity contribution in [3.63, 3.8) is 0 Å². The SMILES string of the molecule is COc1ccc(-c2cn3ccc(N4CCCC4)cc3n2)cc1. The number of rotatable bonds is 3. The number of ether oxygens (including phenoxy) is 1. The van der Waals surface area contributed by atoms with E-state index in [1.54, 1.807) is 7.11 Å². The van der Waals surface area contributed by atoms with Gasteiger partial charge in [0.25, 0.3) is 0 Å². The van der Waals surface area contributed by atoms with Crippen LogP contribution in [0.5, 0.6) is 5.75 Å². The van der Waals surface area contributed by atoms with Crippen molar-refractivity contribution in [3.05, 3.63) is 48.8 Å². The van der Waals surface area contributed by atoms with Crippen LogP contribution >= 0.6 is 0 Å². The summed E-state index contributed by atoms with van der Waals surface area (Å²) in [7, 11) is 1.68. The first-order valence-electron chi connectivity index (χ1n) is 7.72. The van der Waals surface area contributed by atoms with Crippen LogP contribution in [0.1, 0.15) is 12.8 Å². The molecule has 1 saturated heterocycles. The van der Waals surface area contributed by atoms with Gasteiger partial charge in [-0.3, -0.25) is 0 Å². The second-order valence-corrected chi connectivity index (χ2v) is 5.70. The fraction of sp³-hybridized carbons (Fsp3) is 0.278. The first kappa shape index (κ1) is 13.2. The van der Waals surface area contributed by atoms with Gasteiger partial charge in [-0.2, -0.15) is 0 Å². The summed E-state index contributed by atoms with van der Waals surface area (Å²) in [6, 6.07) is 12.4. The van der Waals surface area contributed by atoms with Crippen molar-refractivity contribution < 1.29 is 4.74 Å². The van der Waals surface area contributed by atoms with Gasteiger partial charge in [0.05, 0.1) is 12.8 Å². The lowest BCUT2D eigenvalue weighted by atomic mass is 10.2. The number of fused-ring (bicyclic) bond motifs is 1. The minimum absolute atomic E-state index is 0.865. The van der Waals surface area contributed by atoms with E-state index in [9.17, 15) is 0 Å². The molecule has 0 N–H and O–H groups in total. The number of hydrogen-bond acceptors (Lipinski definition) is 3. The van der Waals surface area contributed by atoms with Crippen LogP contribution in [0.4, 0.5) is 5.69 Å². The molecule has 0 amide bonds. The van der Waals surface area contributed by atoms with E-state index in [1.165, 1.54) is 18.5 Å². The smallest absolute Gasteiger partial charge is 0.139 e. The lowest BCUT2D eigenvalue weighted by molar-refractivity contribution is 0.415. The van der Waals surface area contributed by atoms with Crippen LogP contribution in [0, 0.1) is 0 Å². The molecule has 0 unspecified atom stereocenters. The molecule has 1 aliphatic heterocycles. The number of methoxy groups -OCH3 is 1. The number of anilines is 1. The molecule has 2 aromatic heterocycles. The van der Waals surface area contributed by atoms with Crippen LogP contribution in [0.25, 0.3) is 16.9 Å². The molecular weight excluding hydrogens is 274 g/mol. The van der Waals surface area contributed by atoms with Crippen LogP contribution in [0.15, 0.2) is 48.8 Å². The van der Waals surface area contributed by atoms with Gasteiger partial charge >= 0.3 is 0 Å². The second kappa shape index (κ2) is 5.37. The normalized spacial score (nSPS) is 14.7. The van der Waals surface area contributed by atoms with Crippen molar-refractivity contribution in [2.75, 3.05) is 25.1 Å². The maximum atomic E-state index is 5.21. The number of imidazole rings is 1. The molecule has 3 heterocycles. The zero-order valence-corrected chi connectivity index (χ0v) is 12.7. The highest BCUT2D eigenvalue weighted by molar-refractivity contribution is 5.66. The first-order chi connectivity index (χ1) is 10.8. The molecule has 1 fully saturated rings. The van der Waals surface area contributed by atoms with Crippen molar-refractivity contribution in [1.82, 2.24) is 9.38 Å². The Hall–Kier alpha value is -2.49. The van der Waals surface area contributed by atoms with E-state index < -0.39 is 0 Å².